The van der Waals surface area contributed by atoms with E-state index in [0.717, 1.165) is 6.07 Å². The van der Waals surface area contributed by atoms with E-state index in [1.165, 1.54) is 38.4 Å². The number of rotatable bonds is 9. The second-order valence-corrected chi connectivity index (χ2v) is 8.60. The number of carbonyl (C=O) groups is 1. The van der Waals surface area contributed by atoms with E-state index in [9.17, 15) is 23.3 Å². The Morgan fingerprint density at radius 1 is 1.06 bits per heavy atom. The highest BCUT2D eigenvalue weighted by Gasteiger charge is 2.22. The summed E-state index contributed by atoms with van der Waals surface area (Å²) in [5.41, 5.74) is 3.58. The lowest BCUT2D eigenvalue weighted by Crippen LogP contribution is -2.14. The van der Waals surface area contributed by atoms with E-state index in [2.05, 4.69) is 20.6 Å². The van der Waals surface area contributed by atoms with Crippen LogP contribution in [0.15, 0.2) is 76.7 Å². The van der Waals surface area contributed by atoms with Gasteiger partial charge in [0.2, 0.25) is 5.91 Å². The summed E-state index contributed by atoms with van der Waals surface area (Å²) in [5, 5.41) is 18.2. The number of nitrogens with one attached hydrogen (secondary N) is 3. The monoisotopic (exact) mass is 483 g/mol. The third kappa shape index (κ3) is 6.07. The van der Waals surface area contributed by atoms with Crippen LogP contribution in [-0.2, 0) is 14.8 Å². The Hall–Kier alpha value is -4.45. The van der Waals surface area contributed by atoms with Crippen molar-refractivity contribution in [2.75, 3.05) is 22.6 Å². The van der Waals surface area contributed by atoms with E-state index in [4.69, 9.17) is 4.74 Å². The third-order valence-corrected chi connectivity index (χ3v) is 5.82. The summed E-state index contributed by atoms with van der Waals surface area (Å²) in [7, 11) is -2.73. The summed E-state index contributed by atoms with van der Waals surface area (Å²) in [4.78, 5) is 21.6. The van der Waals surface area contributed by atoms with E-state index < -0.39 is 20.6 Å². The molecule has 0 radical (unpaired) electrons. The maximum atomic E-state index is 12.8. The number of benzene rings is 3. The molecule has 0 aliphatic rings. The SMILES string of the molecule is COc1ccccc1NS(=O)(=O)c1ccc(NN=Cc2ccc(NC(C)=O)cc2)c([N+](=O)[O-])c1. The van der Waals surface area contributed by atoms with Crippen molar-refractivity contribution in [3.05, 3.63) is 82.4 Å². The Labute approximate surface area is 195 Å². The van der Waals surface area contributed by atoms with Gasteiger partial charge in [-0.15, -0.1) is 0 Å². The lowest BCUT2D eigenvalue weighted by molar-refractivity contribution is -0.384. The largest absolute Gasteiger partial charge is 0.495 e. The van der Waals surface area contributed by atoms with Crippen LogP contribution in [0.1, 0.15) is 12.5 Å². The molecular weight excluding hydrogens is 462 g/mol. The summed E-state index contributed by atoms with van der Waals surface area (Å²) < 4.78 is 33.1. The fourth-order valence-corrected chi connectivity index (χ4v) is 3.98. The maximum Gasteiger partial charge on any atom is 0.295 e. The smallest absolute Gasteiger partial charge is 0.295 e. The molecule has 0 aromatic heterocycles. The second kappa shape index (κ2) is 10.4. The normalized spacial score (nSPS) is 11.1. The highest BCUT2D eigenvalue weighted by Crippen LogP contribution is 2.30. The van der Waals surface area contributed by atoms with E-state index in [-0.39, 0.29) is 22.2 Å². The standard InChI is InChI=1S/C22H21N5O6S/c1-15(28)24-17-9-7-16(8-10-17)14-23-25-19-12-11-18(13-21(19)27(29)30)34(31,32)26-20-5-3-4-6-22(20)33-2/h3-14,25-26H,1-2H3,(H,24,28). The molecule has 0 spiro atoms. The predicted octanol–water partition coefficient (Wildman–Crippen LogP) is 3.81. The van der Waals surface area contributed by atoms with Gasteiger partial charge < -0.3 is 10.1 Å². The molecule has 3 aromatic rings. The molecule has 176 valence electrons. The number of methoxy groups -OCH3 is 1. The average Bonchev–Trinajstić information content (AvgIpc) is 2.80. The molecule has 3 aromatic carbocycles. The average molecular weight is 484 g/mol. The Morgan fingerprint density at radius 3 is 2.41 bits per heavy atom. The van der Waals surface area contributed by atoms with Crippen LogP contribution in [0, 0.1) is 10.1 Å². The molecule has 0 heterocycles. The zero-order valence-electron chi connectivity index (χ0n) is 18.2. The molecule has 1 amide bonds. The maximum absolute atomic E-state index is 12.8. The van der Waals surface area contributed by atoms with Crippen molar-refractivity contribution >= 4 is 44.9 Å². The van der Waals surface area contributed by atoms with E-state index >= 15 is 0 Å². The molecular formula is C22H21N5O6S. The number of ether oxygens (including phenoxy) is 1. The van der Waals surface area contributed by atoms with Gasteiger partial charge in [-0.25, -0.2) is 8.42 Å². The van der Waals surface area contributed by atoms with Gasteiger partial charge in [0, 0.05) is 18.7 Å². The number of para-hydroxylation sites is 2. The van der Waals surface area contributed by atoms with Gasteiger partial charge in [-0.05, 0) is 42.0 Å². The van der Waals surface area contributed by atoms with Gasteiger partial charge >= 0.3 is 0 Å². The van der Waals surface area contributed by atoms with Gasteiger partial charge in [0.15, 0.2) is 0 Å². The van der Waals surface area contributed by atoms with Gasteiger partial charge in [-0.2, -0.15) is 5.10 Å². The molecule has 11 nitrogen and oxygen atoms in total. The van der Waals surface area contributed by atoms with Crippen molar-refractivity contribution in [2.45, 2.75) is 11.8 Å². The lowest BCUT2D eigenvalue weighted by Gasteiger charge is -2.12. The minimum absolute atomic E-state index is 0.00681. The Bertz CT molecular complexity index is 1340. The van der Waals surface area contributed by atoms with Crippen LogP contribution in [-0.4, -0.2) is 32.6 Å². The number of anilines is 3. The van der Waals surface area contributed by atoms with Gasteiger partial charge in [0.05, 0.1) is 28.8 Å². The van der Waals surface area contributed by atoms with Crippen LogP contribution < -0.4 is 20.2 Å². The van der Waals surface area contributed by atoms with Crippen LogP contribution in [0.3, 0.4) is 0 Å². The molecule has 0 atom stereocenters. The van der Waals surface area contributed by atoms with Crippen molar-refractivity contribution in [3.63, 3.8) is 0 Å². The fraction of sp³-hybridized carbons (Fsp3) is 0.0909. The number of hydrogen-bond donors (Lipinski definition) is 3. The number of hydrazone groups is 1. The molecule has 3 N–H and O–H groups in total. The fourth-order valence-electron chi connectivity index (χ4n) is 2.89. The first-order valence-electron chi connectivity index (χ1n) is 9.80. The topological polar surface area (TPSA) is 152 Å². The van der Waals surface area contributed by atoms with Crippen molar-refractivity contribution in [3.8, 4) is 5.75 Å². The number of nitro groups is 1. The van der Waals surface area contributed by atoms with Crippen LogP contribution in [0.4, 0.5) is 22.7 Å². The highest BCUT2D eigenvalue weighted by atomic mass is 32.2. The van der Waals surface area contributed by atoms with Crippen molar-refractivity contribution in [1.82, 2.24) is 0 Å². The summed E-state index contributed by atoms with van der Waals surface area (Å²) in [6.45, 7) is 1.40. The van der Waals surface area contributed by atoms with Crippen LogP contribution >= 0.6 is 0 Å². The van der Waals surface area contributed by atoms with Crippen LogP contribution in [0.2, 0.25) is 0 Å². The number of amides is 1. The first-order chi connectivity index (χ1) is 16.2. The van der Waals surface area contributed by atoms with Gasteiger partial charge in [0.25, 0.3) is 15.7 Å². The van der Waals surface area contributed by atoms with Crippen LogP contribution in [0.5, 0.6) is 5.75 Å². The number of sulfonamides is 1. The predicted molar refractivity (Wildman–Crippen MR) is 129 cm³/mol. The Balaban J connectivity index is 1.79. The molecule has 0 aliphatic heterocycles. The summed E-state index contributed by atoms with van der Waals surface area (Å²) in [6, 6.07) is 16.6. The lowest BCUT2D eigenvalue weighted by atomic mass is 10.2. The Morgan fingerprint density at radius 2 is 1.76 bits per heavy atom. The minimum Gasteiger partial charge on any atom is -0.495 e. The van der Waals surface area contributed by atoms with Gasteiger partial charge in [-0.3, -0.25) is 25.1 Å². The van der Waals surface area contributed by atoms with Crippen molar-refractivity contribution in [2.24, 2.45) is 5.10 Å². The first-order valence-corrected chi connectivity index (χ1v) is 11.3. The number of nitrogens with zero attached hydrogens (tertiary/aromatic N) is 2. The number of carbonyl (C=O) groups excluding carboxylic acids is 1. The second-order valence-electron chi connectivity index (χ2n) is 6.92. The summed E-state index contributed by atoms with van der Waals surface area (Å²) in [6.07, 6.45) is 1.43. The molecule has 0 unspecified atom stereocenters. The quantitative estimate of drug-likeness (QED) is 0.238. The Kier molecular flexibility index (Phi) is 7.43. The minimum atomic E-state index is -4.13. The molecule has 12 heteroatoms. The zero-order valence-corrected chi connectivity index (χ0v) is 19.0. The van der Waals surface area contributed by atoms with Gasteiger partial charge in [-0.1, -0.05) is 24.3 Å². The van der Waals surface area contributed by atoms with E-state index in [1.807, 2.05) is 0 Å². The zero-order chi connectivity index (χ0) is 24.7. The molecule has 0 fully saturated rings. The summed E-state index contributed by atoms with van der Waals surface area (Å²) >= 11 is 0. The number of nitro benzene ring substituents is 1. The van der Waals surface area contributed by atoms with Crippen molar-refractivity contribution in [1.29, 1.82) is 0 Å². The molecule has 3 rings (SSSR count). The third-order valence-electron chi connectivity index (χ3n) is 4.46. The molecule has 0 saturated heterocycles. The van der Waals surface area contributed by atoms with E-state index in [0.29, 0.717) is 17.0 Å². The van der Waals surface area contributed by atoms with E-state index in [1.54, 1.807) is 42.5 Å². The van der Waals surface area contributed by atoms with Gasteiger partial charge in [0.1, 0.15) is 11.4 Å². The molecule has 0 saturated carbocycles. The molecule has 0 bridgehead atoms. The number of hydrogen-bond acceptors (Lipinski definition) is 8. The summed E-state index contributed by atoms with van der Waals surface area (Å²) in [5.74, 6) is 0.109. The molecule has 34 heavy (non-hydrogen) atoms. The first kappa shape index (κ1) is 24.2. The van der Waals surface area contributed by atoms with Crippen LogP contribution in [0.25, 0.3) is 0 Å². The van der Waals surface area contributed by atoms with Crippen molar-refractivity contribution < 1.29 is 22.9 Å². The molecule has 0 aliphatic carbocycles. The highest BCUT2D eigenvalue weighted by molar-refractivity contribution is 7.92.